The number of hydrogen-bond acceptors (Lipinski definition) is 2. The van der Waals surface area contributed by atoms with E-state index < -0.39 is 0 Å². The lowest BCUT2D eigenvalue weighted by atomic mass is 10.1. The lowest BCUT2D eigenvalue weighted by Crippen LogP contribution is -2.45. The van der Waals surface area contributed by atoms with E-state index in [9.17, 15) is 4.79 Å². The number of anilines is 1. The van der Waals surface area contributed by atoms with Crippen LogP contribution in [0.15, 0.2) is 53.5 Å². The molecule has 17 heavy (non-hydrogen) atoms. The maximum Gasteiger partial charge on any atom is 0.288 e. The van der Waals surface area contributed by atoms with Gasteiger partial charge in [0, 0.05) is 27.5 Å². The molecule has 0 fully saturated rings. The molecular formula is C13H10INOS. The van der Waals surface area contributed by atoms with Crippen LogP contribution < -0.4 is 4.90 Å². The molecule has 2 atom stereocenters. The molecule has 0 radical (unpaired) electrons. The average molecular weight is 355 g/mol. The Morgan fingerprint density at radius 1 is 1.24 bits per heavy atom. The topological polar surface area (TPSA) is 20.3 Å². The Balaban J connectivity index is 2.12. The summed E-state index contributed by atoms with van der Waals surface area (Å²) in [5.74, 6) is 0. The maximum atomic E-state index is 11.9. The molecule has 1 aliphatic heterocycles. The fraction of sp³-hybridized carbons (Fsp3) is 0.154. The van der Waals surface area contributed by atoms with Crippen molar-refractivity contribution in [3.63, 3.8) is 0 Å². The highest BCUT2D eigenvalue weighted by molar-refractivity contribution is 14.1. The van der Waals surface area contributed by atoms with E-state index in [2.05, 4.69) is 24.3 Å². The smallest absolute Gasteiger partial charge is 0.288 e. The van der Waals surface area contributed by atoms with Crippen LogP contribution >= 0.6 is 34.4 Å². The molecule has 1 heterocycles. The zero-order valence-electron chi connectivity index (χ0n) is 8.92. The third-order valence-electron chi connectivity index (χ3n) is 2.93. The van der Waals surface area contributed by atoms with Gasteiger partial charge in [-0.05, 0) is 12.1 Å². The van der Waals surface area contributed by atoms with Gasteiger partial charge in [-0.3, -0.25) is 9.69 Å². The first kappa shape index (κ1) is 11.3. The highest BCUT2D eigenvalue weighted by atomic mass is 127. The third kappa shape index (κ3) is 1.93. The van der Waals surface area contributed by atoms with Gasteiger partial charge in [-0.2, -0.15) is 0 Å². The second-order valence-electron chi connectivity index (χ2n) is 3.93. The quantitative estimate of drug-likeness (QED) is 0.398. The number of carbonyl (C=O) groups excluding carboxylic acids is 1. The van der Waals surface area contributed by atoms with Gasteiger partial charge >= 0.3 is 0 Å². The summed E-state index contributed by atoms with van der Waals surface area (Å²) < 4.78 is 0.0744. The number of hydrogen-bond donors (Lipinski definition) is 0. The van der Waals surface area contributed by atoms with Crippen molar-refractivity contribution in [3.8, 4) is 0 Å². The van der Waals surface area contributed by atoms with Crippen LogP contribution in [0.1, 0.15) is 0 Å². The number of benzene rings is 1. The summed E-state index contributed by atoms with van der Waals surface area (Å²) in [5, 5.41) is 0.327. The number of halogens is 1. The van der Waals surface area contributed by atoms with Crippen LogP contribution in [0.5, 0.6) is 0 Å². The van der Waals surface area contributed by atoms with Crippen molar-refractivity contribution in [2.45, 2.75) is 16.2 Å². The van der Waals surface area contributed by atoms with Gasteiger partial charge in [0.05, 0.1) is 17.0 Å². The number of allylic oxidation sites excluding steroid dienone is 2. The molecule has 0 N–H and O–H groups in total. The lowest BCUT2D eigenvalue weighted by molar-refractivity contribution is 0.266. The Morgan fingerprint density at radius 2 is 2.00 bits per heavy atom. The van der Waals surface area contributed by atoms with Crippen LogP contribution in [-0.2, 0) is 0 Å². The average Bonchev–Trinajstić information content (AvgIpc) is 2.35. The maximum absolute atomic E-state index is 11.9. The fourth-order valence-electron chi connectivity index (χ4n) is 2.19. The van der Waals surface area contributed by atoms with Crippen molar-refractivity contribution >= 4 is 44.0 Å². The van der Waals surface area contributed by atoms with Crippen LogP contribution in [0.4, 0.5) is 10.5 Å². The van der Waals surface area contributed by atoms with Crippen LogP contribution in [0.2, 0.25) is 0 Å². The standard InChI is InChI=1S/C13H10INOS/c14-13(16)15-9-5-1-3-7-11(9)17-12-8-4-2-6-10(12)15/h1-9,11H. The van der Waals surface area contributed by atoms with E-state index in [-0.39, 0.29) is 9.96 Å². The third-order valence-corrected chi connectivity index (χ3v) is 4.76. The Labute approximate surface area is 118 Å². The van der Waals surface area contributed by atoms with Crippen molar-refractivity contribution in [3.05, 3.63) is 48.6 Å². The Kier molecular flexibility index (Phi) is 3.00. The number of carbonyl (C=O) groups is 1. The molecule has 0 aromatic heterocycles. The van der Waals surface area contributed by atoms with Gasteiger partial charge in [0.2, 0.25) is 0 Å². The summed E-state index contributed by atoms with van der Waals surface area (Å²) in [4.78, 5) is 14.9. The van der Waals surface area contributed by atoms with Crippen molar-refractivity contribution in [2.75, 3.05) is 4.90 Å². The van der Waals surface area contributed by atoms with Gasteiger partial charge < -0.3 is 0 Å². The number of rotatable bonds is 0. The van der Waals surface area contributed by atoms with E-state index in [0.29, 0.717) is 5.25 Å². The molecule has 2 aliphatic rings. The summed E-state index contributed by atoms with van der Waals surface area (Å²) in [5.41, 5.74) is 1.03. The normalized spacial score (nSPS) is 25.4. The minimum absolute atomic E-state index is 0.0744. The summed E-state index contributed by atoms with van der Waals surface area (Å²) in [6.45, 7) is 0. The van der Waals surface area contributed by atoms with E-state index in [0.717, 1.165) is 5.69 Å². The predicted octanol–water partition coefficient (Wildman–Crippen LogP) is 4.02. The summed E-state index contributed by atoms with van der Waals surface area (Å²) >= 11 is 3.69. The number of thioether (sulfide) groups is 1. The zero-order valence-corrected chi connectivity index (χ0v) is 11.9. The molecule has 0 spiro atoms. The second-order valence-corrected chi connectivity index (χ2v) is 6.08. The first-order chi connectivity index (χ1) is 8.27. The Hall–Kier alpha value is -0.750. The number of nitrogens with zero attached hydrogens (tertiary/aromatic N) is 1. The van der Waals surface area contributed by atoms with Crippen molar-refractivity contribution in [2.24, 2.45) is 0 Å². The molecule has 0 saturated heterocycles. The zero-order chi connectivity index (χ0) is 11.8. The van der Waals surface area contributed by atoms with Crippen LogP contribution in [0.3, 0.4) is 0 Å². The molecule has 1 aromatic rings. The molecule has 2 nitrogen and oxygen atoms in total. The first-order valence-electron chi connectivity index (χ1n) is 5.37. The summed E-state index contributed by atoms with van der Waals surface area (Å²) in [7, 11) is 0. The van der Waals surface area contributed by atoms with E-state index in [4.69, 9.17) is 0 Å². The molecule has 1 aromatic carbocycles. The minimum atomic E-state index is 0.0744. The molecular weight excluding hydrogens is 345 g/mol. The fourth-order valence-corrected chi connectivity index (χ4v) is 4.03. The SMILES string of the molecule is O=C(I)N1c2ccccc2SC2C=CC=CC21. The first-order valence-corrected chi connectivity index (χ1v) is 7.32. The van der Waals surface area contributed by atoms with Gasteiger partial charge in [0.1, 0.15) is 0 Å². The molecule has 4 heteroatoms. The second kappa shape index (κ2) is 4.49. The molecule has 3 rings (SSSR count). The van der Waals surface area contributed by atoms with Gasteiger partial charge in [0.15, 0.2) is 0 Å². The van der Waals surface area contributed by atoms with E-state index >= 15 is 0 Å². The molecule has 2 unspecified atom stereocenters. The van der Waals surface area contributed by atoms with E-state index in [1.165, 1.54) is 4.90 Å². The van der Waals surface area contributed by atoms with Gasteiger partial charge in [0.25, 0.3) is 3.91 Å². The number of para-hydroxylation sites is 1. The lowest BCUT2D eigenvalue weighted by Gasteiger charge is -2.39. The minimum Gasteiger partial charge on any atom is -0.294 e. The molecule has 0 bridgehead atoms. The Bertz CT molecular complexity index is 526. The van der Waals surface area contributed by atoms with Crippen LogP contribution in [0, 0.1) is 0 Å². The van der Waals surface area contributed by atoms with E-state index in [1.54, 1.807) is 0 Å². The molecule has 86 valence electrons. The van der Waals surface area contributed by atoms with Gasteiger partial charge in [-0.15, -0.1) is 11.8 Å². The highest BCUT2D eigenvalue weighted by Crippen LogP contribution is 2.44. The Morgan fingerprint density at radius 3 is 2.82 bits per heavy atom. The van der Waals surface area contributed by atoms with Gasteiger partial charge in [-0.1, -0.05) is 36.4 Å². The monoisotopic (exact) mass is 355 g/mol. The van der Waals surface area contributed by atoms with Crippen molar-refractivity contribution in [1.29, 1.82) is 0 Å². The van der Waals surface area contributed by atoms with E-state index in [1.807, 2.05) is 63.5 Å². The number of amides is 1. The number of fused-ring (bicyclic) bond motifs is 2. The van der Waals surface area contributed by atoms with Crippen molar-refractivity contribution < 1.29 is 4.79 Å². The summed E-state index contributed by atoms with van der Waals surface area (Å²) in [6, 6.07) is 8.24. The highest BCUT2D eigenvalue weighted by Gasteiger charge is 2.35. The van der Waals surface area contributed by atoms with Crippen LogP contribution in [0.25, 0.3) is 0 Å². The summed E-state index contributed by atoms with van der Waals surface area (Å²) in [6.07, 6.45) is 8.34. The molecule has 0 saturated carbocycles. The predicted molar refractivity (Wildman–Crippen MR) is 80.1 cm³/mol. The largest absolute Gasteiger partial charge is 0.294 e. The molecule has 1 amide bonds. The van der Waals surface area contributed by atoms with Crippen LogP contribution in [-0.4, -0.2) is 15.2 Å². The van der Waals surface area contributed by atoms with Crippen molar-refractivity contribution in [1.82, 2.24) is 0 Å². The van der Waals surface area contributed by atoms with Gasteiger partial charge in [-0.25, -0.2) is 0 Å². The molecule has 1 aliphatic carbocycles.